The molecule has 2 fully saturated rings. The van der Waals surface area contributed by atoms with E-state index in [0.29, 0.717) is 24.2 Å². The lowest BCUT2D eigenvalue weighted by Crippen LogP contribution is -2.55. The Balaban J connectivity index is 1.71. The lowest BCUT2D eigenvalue weighted by atomic mass is 9.67. The monoisotopic (exact) mass is 398 g/mol. The Morgan fingerprint density at radius 1 is 1.21 bits per heavy atom. The average Bonchev–Trinajstić information content (AvgIpc) is 3.04. The van der Waals surface area contributed by atoms with Crippen LogP contribution in [0.3, 0.4) is 0 Å². The second kappa shape index (κ2) is 6.71. The largest absolute Gasteiger partial charge is 0.497 e. The Bertz CT molecular complexity index is 900. The zero-order valence-corrected chi connectivity index (χ0v) is 17.2. The van der Waals surface area contributed by atoms with Gasteiger partial charge in [0.25, 0.3) is 0 Å². The maximum atomic E-state index is 13.2. The number of ketones is 1. The molecule has 0 N–H and O–H groups in total. The molecule has 0 aromatic heterocycles. The van der Waals surface area contributed by atoms with Crippen molar-refractivity contribution in [2.75, 3.05) is 7.11 Å². The number of carbonyl (C=O) groups is 3. The zero-order valence-electron chi connectivity index (χ0n) is 17.2. The maximum Gasteiger partial charge on any atom is 0.338 e. The molecule has 0 bridgehead atoms. The lowest BCUT2D eigenvalue weighted by molar-refractivity contribution is -0.171. The van der Waals surface area contributed by atoms with Crippen molar-refractivity contribution in [1.29, 1.82) is 0 Å². The fourth-order valence-corrected chi connectivity index (χ4v) is 5.25. The first kappa shape index (κ1) is 19.7. The van der Waals surface area contributed by atoms with Crippen molar-refractivity contribution >= 4 is 17.7 Å². The van der Waals surface area contributed by atoms with Crippen LogP contribution in [0.1, 0.15) is 50.4 Å². The van der Waals surface area contributed by atoms with Crippen molar-refractivity contribution in [3.8, 4) is 5.75 Å². The van der Waals surface area contributed by atoms with E-state index in [1.807, 2.05) is 19.9 Å². The van der Waals surface area contributed by atoms with Crippen molar-refractivity contribution < 1.29 is 28.6 Å². The van der Waals surface area contributed by atoms with Crippen molar-refractivity contribution in [3.63, 3.8) is 0 Å². The van der Waals surface area contributed by atoms with Crippen LogP contribution in [-0.2, 0) is 19.1 Å². The number of hydrogen-bond donors (Lipinski definition) is 0. The van der Waals surface area contributed by atoms with Gasteiger partial charge in [0.05, 0.1) is 18.6 Å². The van der Waals surface area contributed by atoms with E-state index in [-0.39, 0.29) is 30.0 Å². The fourth-order valence-electron chi connectivity index (χ4n) is 5.25. The molecule has 1 heterocycles. The van der Waals surface area contributed by atoms with E-state index < -0.39 is 23.1 Å². The molecule has 29 heavy (non-hydrogen) atoms. The standard InChI is InChI=1S/C23H26O6/c1-13-9-10-23-17(14(2)20(25)29-23)12-18(24)22(23,3)19(11-13)28-21(26)15-5-7-16(27-4)8-6-15/h5-8,11,14,17,19H,9-10,12H2,1-4H3/t14-,17+,19?,22-,23-/m0/s1. The Morgan fingerprint density at radius 3 is 2.55 bits per heavy atom. The Kier molecular flexibility index (Phi) is 4.56. The Hall–Kier alpha value is -2.63. The van der Waals surface area contributed by atoms with Gasteiger partial charge < -0.3 is 14.2 Å². The number of allylic oxidation sites excluding steroid dienone is 1. The molecular formula is C23H26O6. The summed E-state index contributed by atoms with van der Waals surface area (Å²) in [6, 6.07) is 6.63. The lowest BCUT2D eigenvalue weighted by Gasteiger charge is -2.43. The SMILES string of the molecule is COc1ccc(C(=O)OC2C=C(C)CC[C@]34OC(=O)[C@@H](C)[C@H]3CC(=O)[C@@]24C)cc1. The first-order valence-electron chi connectivity index (χ1n) is 10.0. The van der Waals surface area contributed by atoms with Gasteiger partial charge in [-0.1, -0.05) is 12.5 Å². The van der Waals surface area contributed by atoms with Crippen LogP contribution in [-0.4, -0.2) is 36.5 Å². The van der Waals surface area contributed by atoms with Crippen LogP contribution in [0.4, 0.5) is 0 Å². The van der Waals surface area contributed by atoms with Crippen molar-refractivity contribution in [3.05, 3.63) is 41.5 Å². The summed E-state index contributed by atoms with van der Waals surface area (Å²) in [5, 5.41) is 0. The summed E-state index contributed by atoms with van der Waals surface area (Å²) in [4.78, 5) is 38.5. The van der Waals surface area contributed by atoms with Crippen LogP contribution in [0, 0.1) is 17.3 Å². The van der Waals surface area contributed by atoms with Gasteiger partial charge in [0.1, 0.15) is 28.7 Å². The fraction of sp³-hybridized carbons (Fsp3) is 0.522. The van der Waals surface area contributed by atoms with E-state index >= 15 is 0 Å². The highest BCUT2D eigenvalue weighted by atomic mass is 16.6. The third-order valence-corrected chi connectivity index (χ3v) is 7.18. The van der Waals surface area contributed by atoms with Gasteiger partial charge in [0.2, 0.25) is 0 Å². The van der Waals surface area contributed by atoms with Gasteiger partial charge in [-0.05, 0) is 57.0 Å². The van der Waals surface area contributed by atoms with Gasteiger partial charge in [-0.15, -0.1) is 0 Å². The molecule has 0 radical (unpaired) electrons. The molecule has 1 aromatic carbocycles. The van der Waals surface area contributed by atoms with E-state index in [1.165, 1.54) is 0 Å². The third kappa shape index (κ3) is 2.72. The minimum atomic E-state index is -1.10. The first-order chi connectivity index (χ1) is 13.7. The molecule has 2 aliphatic carbocycles. The maximum absolute atomic E-state index is 13.2. The highest BCUT2D eigenvalue weighted by molar-refractivity contribution is 5.95. The van der Waals surface area contributed by atoms with E-state index in [9.17, 15) is 14.4 Å². The number of hydrogen-bond acceptors (Lipinski definition) is 6. The number of methoxy groups -OCH3 is 1. The van der Waals surface area contributed by atoms with E-state index in [0.717, 1.165) is 5.57 Å². The molecule has 154 valence electrons. The van der Waals surface area contributed by atoms with E-state index in [4.69, 9.17) is 14.2 Å². The Morgan fingerprint density at radius 2 is 1.90 bits per heavy atom. The van der Waals surface area contributed by atoms with Gasteiger partial charge in [0.15, 0.2) is 0 Å². The number of benzene rings is 1. The number of carbonyl (C=O) groups excluding carboxylic acids is 3. The second-order valence-corrected chi connectivity index (χ2v) is 8.60. The van der Waals surface area contributed by atoms with Crippen molar-refractivity contribution in [1.82, 2.24) is 0 Å². The van der Waals surface area contributed by atoms with Crippen LogP contribution in [0.2, 0.25) is 0 Å². The minimum Gasteiger partial charge on any atom is -0.497 e. The molecule has 1 saturated heterocycles. The smallest absolute Gasteiger partial charge is 0.338 e. The molecule has 1 spiro atoms. The molecule has 1 unspecified atom stereocenters. The highest BCUT2D eigenvalue weighted by Gasteiger charge is 2.73. The summed E-state index contributed by atoms with van der Waals surface area (Å²) < 4.78 is 17.0. The summed E-state index contributed by atoms with van der Waals surface area (Å²) >= 11 is 0. The first-order valence-corrected chi connectivity index (χ1v) is 10.0. The van der Waals surface area contributed by atoms with Gasteiger partial charge in [-0.2, -0.15) is 0 Å². The van der Waals surface area contributed by atoms with Crippen LogP contribution >= 0.6 is 0 Å². The van der Waals surface area contributed by atoms with Crippen molar-refractivity contribution in [2.45, 2.75) is 51.7 Å². The molecule has 1 saturated carbocycles. The van der Waals surface area contributed by atoms with Gasteiger partial charge in [-0.25, -0.2) is 4.79 Å². The quantitative estimate of drug-likeness (QED) is 0.573. The number of rotatable bonds is 3. The third-order valence-electron chi connectivity index (χ3n) is 7.18. The van der Waals surface area contributed by atoms with Gasteiger partial charge in [0, 0.05) is 12.3 Å². The normalized spacial score (nSPS) is 35.9. The zero-order chi connectivity index (χ0) is 21.0. The van der Waals surface area contributed by atoms with Crippen molar-refractivity contribution in [2.24, 2.45) is 17.3 Å². The predicted octanol–water partition coefficient (Wildman–Crippen LogP) is 3.49. The molecule has 6 nitrogen and oxygen atoms in total. The molecular weight excluding hydrogens is 372 g/mol. The summed E-state index contributed by atoms with van der Waals surface area (Å²) in [6.45, 7) is 5.57. The Labute approximate surface area is 170 Å². The minimum absolute atomic E-state index is 0.0136. The molecule has 3 aliphatic rings. The van der Waals surface area contributed by atoms with Gasteiger partial charge >= 0.3 is 11.9 Å². The molecule has 1 aromatic rings. The molecule has 0 amide bonds. The summed E-state index contributed by atoms with van der Waals surface area (Å²) in [7, 11) is 1.55. The summed E-state index contributed by atoms with van der Waals surface area (Å²) in [5.41, 5.74) is -0.639. The van der Waals surface area contributed by atoms with Crippen LogP contribution in [0.25, 0.3) is 0 Å². The molecule has 4 rings (SSSR count). The highest BCUT2D eigenvalue weighted by Crippen LogP contribution is 2.62. The molecule has 5 atom stereocenters. The number of ether oxygens (including phenoxy) is 3. The summed E-state index contributed by atoms with van der Waals surface area (Å²) in [6.07, 6.45) is 2.58. The predicted molar refractivity (Wildman–Crippen MR) is 104 cm³/mol. The second-order valence-electron chi connectivity index (χ2n) is 8.60. The molecule has 1 aliphatic heterocycles. The van der Waals surface area contributed by atoms with Crippen LogP contribution in [0.5, 0.6) is 5.75 Å². The van der Waals surface area contributed by atoms with Crippen LogP contribution in [0.15, 0.2) is 35.9 Å². The van der Waals surface area contributed by atoms with Crippen LogP contribution < -0.4 is 4.74 Å². The number of esters is 2. The topological polar surface area (TPSA) is 78.9 Å². The summed E-state index contributed by atoms with van der Waals surface area (Å²) in [5.74, 6) is -0.688. The average molecular weight is 398 g/mol. The van der Waals surface area contributed by atoms with Gasteiger partial charge in [-0.3, -0.25) is 9.59 Å². The van der Waals surface area contributed by atoms with E-state index in [2.05, 4.69) is 0 Å². The number of Topliss-reactive ketones (excluding diaryl/α,β-unsaturated/α-hetero) is 1. The molecule has 6 heteroatoms. The van der Waals surface area contributed by atoms with E-state index in [1.54, 1.807) is 38.3 Å².